The van der Waals surface area contributed by atoms with Crippen LogP contribution >= 0.6 is 0 Å². The smallest absolute Gasteiger partial charge is 0.255 e. The molecule has 2 heterocycles. The molecule has 3 N–H and O–H groups in total. The summed E-state index contributed by atoms with van der Waals surface area (Å²) >= 11 is 0. The highest BCUT2D eigenvalue weighted by molar-refractivity contribution is 5.87. The fourth-order valence-corrected chi connectivity index (χ4v) is 3.21. The van der Waals surface area contributed by atoms with Crippen LogP contribution in [0.15, 0.2) is 65.7 Å². The first-order valence-corrected chi connectivity index (χ1v) is 9.15. The number of aromatic amines is 1. The predicted molar refractivity (Wildman–Crippen MR) is 114 cm³/mol. The molecule has 6 nitrogen and oxygen atoms in total. The molecule has 0 unspecified atom stereocenters. The van der Waals surface area contributed by atoms with E-state index >= 15 is 0 Å². The number of fused-ring (bicyclic) bond motifs is 1. The molecular weight excluding hydrogens is 362 g/mol. The molecule has 0 saturated carbocycles. The van der Waals surface area contributed by atoms with E-state index in [0.29, 0.717) is 22.6 Å². The van der Waals surface area contributed by atoms with Gasteiger partial charge in [-0.2, -0.15) is 5.26 Å². The lowest BCUT2D eigenvalue weighted by Crippen LogP contribution is -2.13. The molecule has 142 valence electrons. The van der Waals surface area contributed by atoms with Crippen molar-refractivity contribution in [2.45, 2.75) is 19.3 Å². The number of rotatable bonds is 3. The maximum absolute atomic E-state index is 11.9. The van der Waals surface area contributed by atoms with Gasteiger partial charge in [0.05, 0.1) is 23.4 Å². The number of nitrogens with zero attached hydrogens (tertiary/aromatic N) is 3. The molecule has 0 aliphatic carbocycles. The lowest BCUT2D eigenvalue weighted by molar-refractivity contribution is 0.687. The van der Waals surface area contributed by atoms with Crippen LogP contribution in [0.5, 0.6) is 0 Å². The number of aromatic nitrogens is 3. The largest absolute Gasteiger partial charge is 0.382 e. The van der Waals surface area contributed by atoms with E-state index in [-0.39, 0.29) is 5.56 Å². The lowest BCUT2D eigenvalue weighted by atomic mass is 9.86. The summed E-state index contributed by atoms with van der Waals surface area (Å²) in [4.78, 5) is 23.6. The zero-order valence-electron chi connectivity index (χ0n) is 16.1. The second-order valence-electron chi connectivity index (χ2n) is 7.41. The van der Waals surface area contributed by atoms with E-state index in [4.69, 9.17) is 10.7 Å². The number of H-pyrrole nitrogens is 1. The Kier molecular flexibility index (Phi) is 4.36. The van der Waals surface area contributed by atoms with Crippen LogP contribution in [0.1, 0.15) is 19.4 Å². The van der Waals surface area contributed by atoms with E-state index in [0.717, 1.165) is 22.1 Å². The normalized spacial score (nSPS) is 11.3. The molecule has 0 aliphatic heterocycles. The van der Waals surface area contributed by atoms with Crippen LogP contribution in [-0.2, 0) is 5.41 Å². The van der Waals surface area contributed by atoms with Crippen molar-refractivity contribution in [3.8, 4) is 28.6 Å². The molecule has 0 aliphatic rings. The number of nitrogens with one attached hydrogen (secondary N) is 1. The number of benzene rings is 2. The predicted octanol–water partition coefficient (Wildman–Crippen LogP) is 4.04. The van der Waals surface area contributed by atoms with E-state index in [2.05, 4.69) is 16.0 Å². The maximum atomic E-state index is 11.9. The Labute approximate surface area is 167 Å². The second-order valence-corrected chi connectivity index (χ2v) is 7.41. The summed E-state index contributed by atoms with van der Waals surface area (Å²) in [5, 5.41) is 10.7. The Morgan fingerprint density at radius 1 is 1.07 bits per heavy atom. The van der Waals surface area contributed by atoms with E-state index < -0.39 is 5.41 Å². The number of nitrogen functional groups attached to an aromatic ring is 1. The highest BCUT2D eigenvalue weighted by Gasteiger charge is 2.19. The SMILES string of the molecule is CC(C)(C#N)c1ccc(-c2cnc(N)c(-c3ccc4c(=O)[nH]ccc4c3)n2)cc1. The van der Waals surface area contributed by atoms with Crippen molar-refractivity contribution in [3.63, 3.8) is 0 Å². The molecule has 4 aromatic rings. The molecule has 29 heavy (non-hydrogen) atoms. The molecule has 0 radical (unpaired) electrons. The van der Waals surface area contributed by atoms with E-state index in [1.165, 1.54) is 0 Å². The van der Waals surface area contributed by atoms with Gasteiger partial charge in [-0.25, -0.2) is 9.97 Å². The Morgan fingerprint density at radius 2 is 1.79 bits per heavy atom. The zero-order valence-corrected chi connectivity index (χ0v) is 16.1. The third-order valence-corrected chi connectivity index (χ3v) is 5.03. The van der Waals surface area contributed by atoms with Crippen molar-refractivity contribution in [2.24, 2.45) is 0 Å². The molecular formula is C23H19N5O. The number of hydrogen-bond acceptors (Lipinski definition) is 5. The summed E-state index contributed by atoms with van der Waals surface area (Å²) in [6.45, 7) is 3.77. The minimum absolute atomic E-state index is 0.137. The van der Waals surface area contributed by atoms with Crippen LogP contribution in [0.4, 0.5) is 5.82 Å². The summed E-state index contributed by atoms with van der Waals surface area (Å²) in [7, 11) is 0. The van der Waals surface area contributed by atoms with Crippen molar-refractivity contribution in [3.05, 3.63) is 76.8 Å². The van der Waals surface area contributed by atoms with Crippen molar-refractivity contribution in [1.29, 1.82) is 5.26 Å². The lowest BCUT2D eigenvalue weighted by Gasteiger charge is -2.16. The topological polar surface area (TPSA) is 108 Å². The highest BCUT2D eigenvalue weighted by atomic mass is 16.1. The first-order valence-electron chi connectivity index (χ1n) is 9.15. The molecule has 0 fully saturated rings. The minimum Gasteiger partial charge on any atom is -0.382 e. The van der Waals surface area contributed by atoms with Crippen molar-refractivity contribution in [2.75, 3.05) is 5.73 Å². The third kappa shape index (κ3) is 3.34. The van der Waals surface area contributed by atoms with Gasteiger partial charge in [0.25, 0.3) is 5.56 Å². The van der Waals surface area contributed by atoms with Crippen LogP contribution in [-0.4, -0.2) is 15.0 Å². The fourth-order valence-electron chi connectivity index (χ4n) is 3.21. The summed E-state index contributed by atoms with van der Waals surface area (Å²) in [6.07, 6.45) is 3.25. The van der Waals surface area contributed by atoms with Gasteiger partial charge >= 0.3 is 0 Å². The van der Waals surface area contributed by atoms with Crippen LogP contribution in [0.2, 0.25) is 0 Å². The van der Waals surface area contributed by atoms with Gasteiger partial charge in [0.15, 0.2) is 0 Å². The summed E-state index contributed by atoms with van der Waals surface area (Å²) < 4.78 is 0. The average Bonchev–Trinajstić information content (AvgIpc) is 2.74. The van der Waals surface area contributed by atoms with E-state index in [1.54, 1.807) is 18.5 Å². The number of hydrogen-bond donors (Lipinski definition) is 2. The molecule has 0 amide bonds. The van der Waals surface area contributed by atoms with Gasteiger partial charge < -0.3 is 10.7 Å². The van der Waals surface area contributed by atoms with Crippen LogP contribution < -0.4 is 11.3 Å². The summed E-state index contributed by atoms with van der Waals surface area (Å²) in [5.41, 5.74) is 9.25. The molecule has 2 aromatic carbocycles. The Balaban J connectivity index is 1.77. The van der Waals surface area contributed by atoms with Crippen LogP contribution in [0, 0.1) is 11.3 Å². The van der Waals surface area contributed by atoms with Gasteiger partial charge in [-0.3, -0.25) is 4.79 Å². The Hall–Kier alpha value is -3.98. The zero-order chi connectivity index (χ0) is 20.6. The minimum atomic E-state index is -0.556. The van der Waals surface area contributed by atoms with Crippen molar-refractivity contribution < 1.29 is 0 Å². The summed E-state index contributed by atoms with van der Waals surface area (Å²) in [6, 6.07) is 17.3. The quantitative estimate of drug-likeness (QED) is 0.557. The van der Waals surface area contributed by atoms with Crippen LogP contribution in [0.3, 0.4) is 0 Å². The number of nitriles is 1. The van der Waals surface area contributed by atoms with E-state index in [1.807, 2.05) is 56.3 Å². The molecule has 2 aromatic heterocycles. The number of anilines is 1. The molecule has 0 spiro atoms. The van der Waals surface area contributed by atoms with Crippen LogP contribution in [0.25, 0.3) is 33.3 Å². The molecule has 0 atom stereocenters. The monoisotopic (exact) mass is 381 g/mol. The standard InChI is InChI=1S/C23H19N5O/c1-23(2,13-24)17-6-3-14(4-7-17)19-12-27-21(25)20(28-19)16-5-8-18-15(11-16)9-10-26-22(18)29/h3-12H,1-2H3,(H2,25,27)(H,26,29). The molecule has 0 saturated heterocycles. The van der Waals surface area contributed by atoms with Crippen molar-refractivity contribution in [1.82, 2.24) is 15.0 Å². The molecule has 6 heteroatoms. The molecule has 0 bridgehead atoms. The Morgan fingerprint density at radius 3 is 2.52 bits per heavy atom. The van der Waals surface area contributed by atoms with Gasteiger partial charge in [0.2, 0.25) is 0 Å². The number of pyridine rings is 1. The Bertz CT molecular complexity index is 1310. The van der Waals surface area contributed by atoms with Gasteiger partial charge in [-0.05, 0) is 43.0 Å². The maximum Gasteiger partial charge on any atom is 0.255 e. The highest BCUT2D eigenvalue weighted by Crippen LogP contribution is 2.29. The second kappa shape index (κ2) is 6.88. The number of nitrogens with two attached hydrogens (primary N) is 1. The molecule has 4 rings (SSSR count). The average molecular weight is 381 g/mol. The van der Waals surface area contributed by atoms with E-state index in [9.17, 15) is 10.1 Å². The van der Waals surface area contributed by atoms with Gasteiger partial charge in [0.1, 0.15) is 11.5 Å². The van der Waals surface area contributed by atoms with Gasteiger partial charge in [0, 0.05) is 22.7 Å². The first-order chi connectivity index (χ1) is 13.9. The summed E-state index contributed by atoms with van der Waals surface area (Å²) in [5.74, 6) is 0.320. The van der Waals surface area contributed by atoms with Gasteiger partial charge in [-0.1, -0.05) is 30.3 Å². The fraction of sp³-hybridized carbons (Fsp3) is 0.130. The first kappa shape index (κ1) is 18.4. The van der Waals surface area contributed by atoms with Gasteiger partial charge in [-0.15, -0.1) is 0 Å². The third-order valence-electron chi connectivity index (χ3n) is 5.03. The van der Waals surface area contributed by atoms with Crippen molar-refractivity contribution >= 4 is 16.6 Å².